The van der Waals surface area contributed by atoms with Crippen LogP contribution in [-0.2, 0) is 9.84 Å². The van der Waals surface area contributed by atoms with E-state index in [-0.39, 0.29) is 23.2 Å². The number of hydrogen-bond donors (Lipinski definition) is 1. The van der Waals surface area contributed by atoms with Crippen LogP contribution in [0.4, 0.5) is 19.1 Å². The third-order valence-corrected chi connectivity index (χ3v) is 5.13. The number of alkyl halides is 3. The van der Waals surface area contributed by atoms with E-state index in [9.17, 15) is 21.6 Å². The van der Waals surface area contributed by atoms with E-state index in [0.29, 0.717) is 11.2 Å². The highest BCUT2D eigenvalue weighted by Crippen LogP contribution is 2.32. The van der Waals surface area contributed by atoms with Gasteiger partial charge < -0.3 is 10.1 Å². The van der Waals surface area contributed by atoms with Gasteiger partial charge >= 0.3 is 6.36 Å². The van der Waals surface area contributed by atoms with Gasteiger partial charge in [-0.2, -0.15) is 19.6 Å². The van der Waals surface area contributed by atoms with Gasteiger partial charge in [0.15, 0.2) is 5.65 Å². The fourth-order valence-corrected chi connectivity index (χ4v) is 3.37. The SMILES string of the molecule is CC(C)c1cnn2c(NC(C)c3ccccc3OC(F)(F)F)nc(S(C)(=O)=O)nc12. The lowest BCUT2D eigenvalue weighted by atomic mass is 10.1. The fraction of sp³-hybridized carbons (Fsp3) is 0.389. The smallest absolute Gasteiger partial charge is 0.405 e. The largest absolute Gasteiger partial charge is 0.573 e. The van der Waals surface area contributed by atoms with Crippen molar-refractivity contribution < 1.29 is 26.3 Å². The number of anilines is 1. The molecular weight excluding hydrogens is 423 g/mol. The topological polar surface area (TPSA) is 98.5 Å². The molecule has 0 saturated carbocycles. The monoisotopic (exact) mass is 443 g/mol. The summed E-state index contributed by atoms with van der Waals surface area (Å²) in [6.45, 7) is 5.40. The Labute approximate surface area is 171 Å². The molecule has 1 atom stereocenters. The fourth-order valence-electron chi connectivity index (χ4n) is 2.87. The number of nitrogens with zero attached hydrogens (tertiary/aromatic N) is 4. The summed E-state index contributed by atoms with van der Waals surface area (Å²) < 4.78 is 67.8. The molecule has 1 N–H and O–H groups in total. The van der Waals surface area contributed by atoms with Gasteiger partial charge in [0.1, 0.15) is 5.75 Å². The van der Waals surface area contributed by atoms with E-state index in [1.807, 2.05) is 13.8 Å². The zero-order valence-electron chi connectivity index (χ0n) is 16.6. The van der Waals surface area contributed by atoms with E-state index < -0.39 is 27.4 Å². The molecule has 1 aromatic carbocycles. The highest BCUT2D eigenvalue weighted by molar-refractivity contribution is 7.90. The highest BCUT2D eigenvalue weighted by atomic mass is 32.2. The van der Waals surface area contributed by atoms with Crippen molar-refractivity contribution in [3.63, 3.8) is 0 Å². The third-order valence-electron chi connectivity index (χ3n) is 4.29. The zero-order chi connectivity index (χ0) is 22.3. The summed E-state index contributed by atoms with van der Waals surface area (Å²) >= 11 is 0. The van der Waals surface area contributed by atoms with Crippen molar-refractivity contribution in [2.75, 3.05) is 11.6 Å². The molecule has 12 heteroatoms. The van der Waals surface area contributed by atoms with Crippen molar-refractivity contribution in [3.8, 4) is 5.75 Å². The molecule has 8 nitrogen and oxygen atoms in total. The Morgan fingerprint density at radius 3 is 2.37 bits per heavy atom. The van der Waals surface area contributed by atoms with Gasteiger partial charge in [-0.25, -0.2) is 8.42 Å². The van der Waals surface area contributed by atoms with Gasteiger partial charge in [-0.05, 0) is 18.9 Å². The first-order chi connectivity index (χ1) is 13.9. The molecule has 0 radical (unpaired) electrons. The van der Waals surface area contributed by atoms with E-state index in [1.165, 1.54) is 22.7 Å². The van der Waals surface area contributed by atoms with E-state index >= 15 is 0 Å². The molecule has 162 valence electrons. The highest BCUT2D eigenvalue weighted by Gasteiger charge is 2.32. The van der Waals surface area contributed by atoms with E-state index in [0.717, 1.165) is 6.26 Å². The standard InChI is InChI=1S/C18H20F3N5O3S/c1-10(2)13-9-22-26-15(13)24-17(30(4,27)28)25-16(26)23-11(3)12-7-5-6-8-14(12)29-18(19,20)21/h5-11H,1-4H3,(H,23,24,25). The van der Waals surface area contributed by atoms with Crippen LogP contribution in [0.15, 0.2) is 35.6 Å². The molecule has 30 heavy (non-hydrogen) atoms. The van der Waals surface area contributed by atoms with Crippen molar-refractivity contribution in [2.24, 2.45) is 0 Å². The number of benzene rings is 1. The van der Waals surface area contributed by atoms with Crippen molar-refractivity contribution in [1.29, 1.82) is 0 Å². The maximum Gasteiger partial charge on any atom is 0.573 e. The average molecular weight is 443 g/mol. The Kier molecular flexibility index (Phi) is 5.63. The number of sulfone groups is 1. The van der Waals surface area contributed by atoms with Gasteiger partial charge in [0, 0.05) is 17.4 Å². The van der Waals surface area contributed by atoms with Gasteiger partial charge in [0.2, 0.25) is 15.8 Å². The Morgan fingerprint density at radius 2 is 1.77 bits per heavy atom. The Bertz CT molecular complexity index is 1180. The Hall–Kier alpha value is -2.89. The first-order valence-electron chi connectivity index (χ1n) is 8.93. The summed E-state index contributed by atoms with van der Waals surface area (Å²) in [6, 6.07) is 4.94. The molecule has 0 amide bonds. The van der Waals surface area contributed by atoms with E-state index in [4.69, 9.17) is 0 Å². The lowest BCUT2D eigenvalue weighted by molar-refractivity contribution is -0.274. The third kappa shape index (κ3) is 4.64. The van der Waals surface area contributed by atoms with E-state index in [1.54, 1.807) is 19.2 Å². The van der Waals surface area contributed by atoms with Crippen LogP contribution in [0.2, 0.25) is 0 Å². The average Bonchev–Trinajstić information content (AvgIpc) is 3.04. The van der Waals surface area contributed by atoms with Crippen LogP contribution >= 0.6 is 0 Å². The first kappa shape index (κ1) is 21.8. The summed E-state index contributed by atoms with van der Waals surface area (Å²) in [5.41, 5.74) is 1.22. The first-order valence-corrected chi connectivity index (χ1v) is 10.8. The second-order valence-electron chi connectivity index (χ2n) is 7.04. The molecule has 3 rings (SSSR count). The predicted molar refractivity (Wildman–Crippen MR) is 103 cm³/mol. The number of rotatable bonds is 6. The normalized spacial score (nSPS) is 13.6. The van der Waals surface area contributed by atoms with Crippen LogP contribution in [0.3, 0.4) is 0 Å². The van der Waals surface area contributed by atoms with Crippen LogP contribution in [0, 0.1) is 0 Å². The molecule has 3 aromatic rings. The number of fused-ring (bicyclic) bond motifs is 1. The molecule has 0 saturated heterocycles. The van der Waals surface area contributed by atoms with Crippen LogP contribution in [0.1, 0.15) is 43.9 Å². The van der Waals surface area contributed by atoms with E-state index in [2.05, 4.69) is 25.1 Å². The quantitative estimate of drug-likeness (QED) is 0.620. The molecule has 1 unspecified atom stereocenters. The van der Waals surface area contributed by atoms with Crippen molar-refractivity contribution >= 4 is 21.4 Å². The molecule has 0 bridgehead atoms. The van der Waals surface area contributed by atoms with Gasteiger partial charge in [0.25, 0.3) is 5.16 Å². The van der Waals surface area contributed by atoms with Crippen LogP contribution in [0.5, 0.6) is 5.75 Å². The van der Waals surface area contributed by atoms with Crippen LogP contribution < -0.4 is 10.1 Å². The van der Waals surface area contributed by atoms with Crippen molar-refractivity contribution in [3.05, 3.63) is 41.6 Å². The minimum absolute atomic E-state index is 0.0102. The minimum Gasteiger partial charge on any atom is -0.405 e. The maximum atomic E-state index is 12.7. The van der Waals surface area contributed by atoms with Gasteiger partial charge in [-0.15, -0.1) is 13.2 Å². The lowest BCUT2D eigenvalue weighted by Crippen LogP contribution is -2.20. The molecule has 2 aromatic heterocycles. The number of aromatic nitrogens is 4. The molecule has 2 heterocycles. The molecular formula is C18H20F3N5O3S. The summed E-state index contributed by atoms with van der Waals surface area (Å²) in [7, 11) is -3.75. The number of para-hydroxylation sites is 1. The summed E-state index contributed by atoms with van der Waals surface area (Å²) in [6.07, 6.45) is -2.32. The minimum atomic E-state index is -4.85. The Morgan fingerprint density at radius 1 is 1.10 bits per heavy atom. The van der Waals surface area contributed by atoms with Crippen molar-refractivity contribution in [2.45, 2.75) is 44.2 Å². The van der Waals surface area contributed by atoms with Crippen LogP contribution in [-0.4, -0.2) is 40.6 Å². The van der Waals surface area contributed by atoms with Crippen molar-refractivity contribution in [1.82, 2.24) is 19.6 Å². The molecule has 0 aliphatic carbocycles. The second-order valence-corrected chi connectivity index (χ2v) is 8.95. The summed E-state index contributed by atoms with van der Waals surface area (Å²) in [5.74, 6) is -0.334. The number of nitrogens with one attached hydrogen (secondary N) is 1. The second kappa shape index (κ2) is 7.74. The van der Waals surface area contributed by atoms with Gasteiger partial charge in [0.05, 0.1) is 12.2 Å². The van der Waals surface area contributed by atoms with Gasteiger partial charge in [-0.1, -0.05) is 32.0 Å². The summed E-state index contributed by atoms with van der Waals surface area (Å²) in [4.78, 5) is 8.16. The molecule has 0 spiro atoms. The molecule has 0 aliphatic rings. The lowest BCUT2D eigenvalue weighted by Gasteiger charge is -2.20. The van der Waals surface area contributed by atoms with Gasteiger partial charge in [-0.3, -0.25) is 0 Å². The number of halogens is 3. The molecule has 0 fully saturated rings. The number of ether oxygens (including phenoxy) is 1. The zero-order valence-corrected chi connectivity index (χ0v) is 17.4. The maximum absolute atomic E-state index is 12.7. The molecule has 0 aliphatic heterocycles. The van der Waals surface area contributed by atoms with Crippen LogP contribution in [0.25, 0.3) is 5.65 Å². The predicted octanol–water partition coefficient (Wildman–Crippen LogP) is 3.72. The summed E-state index contributed by atoms with van der Waals surface area (Å²) in [5, 5.41) is 6.73. The number of hydrogen-bond acceptors (Lipinski definition) is 7. The Balaban J connectivity index is 2.08.